The monoisotopic (exact) mass is 427 g/mol. The number of nitrogens with one attached hydrogen (secondary N) is 1. The van der Waals surface area contributed by atoms with Gasteiger partial charge >= 0.3 is 12.1 Å². The number of benzene rings is 3. The van der Waals surface area contributed by atoms with Crippen LogP contribution in [0.5, 0.6) is 5.75 Å². The number of aromatic hydroxyl groups is 1. The van der Waals surface area contributed by atoms with Crippen LogP contribution in [-0.4, -0.2) is 37.4 Å². The Morgan fingerprint density at radius 1 is 1.00 bits per heavy atom. The highest BCUT2D eigenvalue weighted by atomic mass is 16.5. The number of methoxy groups -OCH3 is 1. The molecule has 0 saturated heterocycles. The van der Waals surface area contributed by atoms with Crippen molar-refractivity contribution in [3.63, 3.8) is 0 Å². The number of carbonyl (C=O) groups is 2. The summed E-state index contributed by atoms with van der Waals surface area (Å²) in [5.41, 5.74) is 5.15. The van der Waals surface area contributed by atoms with Gasteiger partial charge in [0.05, 0.1) is 24.8 Å². The maximum atomic E-state index is 12.2. The van der Waals surface area contributed by atoms with Crippen LogP contribution in [0.4, 0.5) is 4.79 Å². The van der Waals surface area contributed by atoms with E-state index in [4.69, 9.17) is 4.74 Å². The molecule has 0 spiro atoms. The number of phenols is 1. The first kappa shape index (κ1) is 21.0. The zero-order valence-corrected chi connectivity index (χ0v) is 17.4. The number of rotatable bonds is 4. The minimum absolute atomic E-state index is 0.0164. The number of amides is 1. The molecule has 6 nitrogen and oxygen atoms in total. The third kappa shape index (κ3) is 4.28. The van der Waals surface area contributed by atoms with Crippen LogP contribution in [0.1, 0.15) is 33.0 Å². The SMILES string of the molecule is COC(=O)c1ccc(O)c(C#CCNC(=O)OCC2c3ccccc3-c3ccccc32)c1. The summed E-state index contributed by atoms with van der Waals surface area (Å²) >= 11 is 0. The molecule has 0 atom stereocenters. The number of ether oxygens (including phenoxy) is 2. The van der Waals surface area contributed by atoms with Gasteiger partial charge in [0.15, 0.2) is 0 Å². The predicted molar refractivity (Wildman–Crippen MR) is 119 cm³/mol. The molecule has 0 radical (unpaired) electrons. The van der Waals surface area contributed by atoms with Gasteiger partial charge in [-0.15, -0.1) is 0 Å². The average Bonchev–Trinajstić information content (AvgIpc) is 3.14. The molecule has 32 heavy (non-hydrogen) atoms. The Morgan fingerprint density at radius 3 is 2.31 bits per heavy atom. The van der Waals surface area contributed by atoms with Crippen LogP contribution in [0.2, 0.25) is 0 Å². The van der Waals surface area contributed by atoms with Crippen LogP contribution in [0, 0.1) is 11.8 Å². The van der Waals surface area contributed by atoms with Crippen LogP contribution in [-0.2, 0) is 9.47 Å². The standard InChI is InChI=1S/C26H21NO5/c1-31-25(29)18-12-13-24(28)17(15-18)7-6-14-27-26(30)32-16-23-21-10-4-2-8-19(21)20-9-3-5-11-22(20)23/h2-5,8-13,15,23,28H,14,16H2,1H3,(H,27,30). The van der Waals surface area contributed by atoms with E-state index in [0.717, 1.165) is 22.3 Å². The quantitative estimate of drug-likeness (QED) is 0.484. The Balaban J connectivity index is 1.35. The Kier molecular flexibility index (Phi) is 6.09. The molecule has 0 saturated carbocycles. The van der Waals surface area contributed by atoms with Crippen molar-refractivity contribution in [2.24, 2.45) is 0 Å². The van der Waals surface area contributed by atoms with Crippen LogP contribution in [0.15, 0.2) is 66.7 Å². The number of hydrogen-bond acceptors (Lipinski definition) is 5. The molecule has 0 bridgehead atoms. The Labute approximate surface area is 185 Å². The maximum Gasteiger partial charge on any atom is 0.407 e. The van der Waals surface area contributed by atoms with Gasteiger partial charge < -0.3 is 19.9 Å². The first-order valence-corrected chi connectivity index (χ1v) is 10.1. The molecule has 3 aromatic carbocycles. The zero-order valence-electron chi connectivity index (χ0n) is 17.4. The summed E-state index contributed by atoms with van der Waals surface area (Å²) < 4.78 is 10.1. The molecule has 3 aromatic rings. The van der Waals surface area contributed by atoms with E-state index >= 15 is 0 Å². The van der Waals surface area contributed by atoms with Gasteiger partial charge in [0.25, 0.3) is 0 Å². The van der Waals surface area contributed by atoms with E-state index in [-0.39, 0.29) is 35.9 Å². The van der Waals surface area contributed by atoms with E-state index in [1.54, 1.807) is 0 Å². The number of phenolic OH excluding ortho intramolecular Hbond substituents is 1. The van der Waals surface area contributed by atoms with E-state index in [1.165, 1.54) is 25.3 Å². The minimum Gasteiger partial charge on any atom is -0.507 e. The first-order chi connectivity index (χ1) is 15.6. The second-order valence-electron chi connectivity index (χ2n) is 7.20. The highest BCUT2D eigenvalue weighted by Crippen LogP contribution is 2.44. The average molecular weight is 427 g/mol. The fourth-order valence-electron chi connectivity index (χ4n) is 3.79. The summed E-state index contributed by atoms with van der Waals surface area (Å²) in [4.78, 5) is 23.8. The van der Waals surface area contributed by atoms with Crippen molar-refractivity contribution in [2.45, 2.75) is 5.92 Å². The summed E-state index contributed by atoms with van der Waals surface area (Å²) in [5, 5.41) is 12.5. The van der Waals surface area contributed by atoms with Crippen molar-refractivity contribution in [3.8, 4) is 28.7 Å². The molecule has 2 N–H and O–H groups in total. The van der Waals surface area contributed by atoms with Crippen LogP contribution >= 0.6 is 0 Å². The molecular weight excluding hydrogens is 406 g/mol. The third-order valence-corrected chi connectivity index (χ3v) is 5.31. The van der Waals surface area contributed by atoms with Gasteiger partial charge in [-0.25, -0.2) is 9.59 Å². The smallest absolute Gasteiger partial charge is 0.407 e. The predicted octanol–water partition coefficient (Wildman–Crippen LogP) is 4.07. The molecule has 1 aliphatic rings. The lowest BCUT2D eigenvalue weighted by Gasteiger charge is -2.14. The summed E-state index contributed by atoms with van der Waals surface area (Å²) in [6.45, 7) is 0.244. The fourth-order valence-corrected chi connectivity index (χ4v) is 3.79. The lowest BCUT2D eigenvalue weighted by atomic mass is 9.98. The summed E-state index contributed by atoms with van der Waals surface area (Å²) in [6, 6.07) is 20.5. The van der Waals surface area contributed by atoms with E-state index in [1.807, 2.05) is 24.3 Å². The molecule has 0 aromatic heterocycles. The first-order valence-electron chi connectivity index (χ1n) is 10.1. The van der Waals surface area contributed by atoms with Crippen molar-refractivity contribution in [1.82, 2.24) is 5.32 Å². The van der Waals surface area contributed by atoms with Gasteiger partial charge in [0, 0.05) is 5.92 Å². The van der Waals surface area contributed by atoms with Crippen LogP contribution in [0.3, 0.4) is 0 Å². The lowest BCUT2D eigenvalue weighted by Crippen LogP contribution is -2.26. The van der Waals surface area contributed by atoms with Crippen LogP contribution < -0.4 is 5.32 Å². The summed E-state index contributed by atoms with van der Waals surface area (Å²) in [6.07, 6.45) is -0.575. The molecule has 1 amide bonds. The van der Waals surface area contributed by atoms with Crippen molar-refractivity contribution in [1.29, 1.82) is 0 Å². The summed E-state index contributed by atoms with van der Waals surface area (Å²) in [5.74, 6) is 4.87. The van der Waals surface area contributed by atoms with Gasteiger partial charge in [0.2, 0.25) is 0 Å². The second-order valence-corrected chi connectivity index (χ2v) is 7.20. The molecule has 6 heteroatoms. The van der Waals surface area contributed by atoms with Gasteiger partial charge in [-0.2, -0.15) is 0 Å². The summed E-state index contributed by atoms with van der Waals surface area (Å²) in [7, 11) is 1.28. The largest absolute Gasteiger partial charge is 0.507 e. The highest BCUT2D eigenvalue weighted by Gasteiger charge is 2.28. The van der Waals surface area contributed by atoms with Crippen molar-refractivity contribution >= 4 is 12.1 Å². The molecule has 0 unspecified atom stereocenters. The number of esters is 1. The fraction of sp³-hybridized carbons (Fsp3) is 0.154. The number of hydrogen-bond donors (Lipinski definition) is 2. The van der Waals surface area contributed by atoms with Gasteiger partial charge in [0.1, 0.15) is 12.4 Å². The molecule has 160 valence electrons. The Hall–Kier alpha value is -4.24. The maximum absolute atomic E-state index is 12.2. The van der Waals surface area contributed by atoms with E-state index in [9.17, 15) is 14.7 Å². The van der Waals surface area contributed by atoms with Crippen molar-refractivity contribution in [3.05, 3.63) is 89.0 Å². The Morgan fingerprint density at radius 2 is 1.66 bits per heavy atom. The van der Waals surface area contributed by atoms with Crippen molar-refractivity contribution < 1.29 is 24.2 Å². The third-order valence-electron chi connectivity index (χ3n) is 5.31. The number of carbonyl (C=O) groups excluding carboxylic acids is 2. The topological polar surface area (TPSA) is 84.9 Å². The zero-order chi connectivity index (χ0) is 22.5. The second kappa shape index (κ2) is 9.27. The van der Waals surface area contributed by atoms with Crippen molar-refractivity contribution in [2.75, 3.05) is 20.3 Å². The van der Waals surface area contributed by atoms with Crippen LogP contribution in [0.25, 0.3) is 11.1 Å². The van der Waals surface area contributed by atoms with Gasteiger partial charge in [-0.05, 0) is 40.5 Å². The molecule has 0 aliphatic heterocycles. The number of fused-ring (bicyclic) bond motifs is 3. The molecule has 4 rings (SSSR count). The minimum atomic E-state index is -0.575. The normalized spacial score (nSPS) is 11.5. The van der Waals surface area contributed by atoms with E-state index < -0.39 is 12.1 Å². The van der Waals surface area contributed by atoms with Gasteiger partial charge in [-0.3, -0.25) is 0 Å². The molecule has 0 fully saturated rings. The molecule has 0 heterocycles. The van der Waals surface area contributed by atoms with E-state index in [0.29, 0.717) is 0 Å². The highest BCUT2D eigenvalue weighted by molar-refractivity contribution is 5.90. The van der Waals surface area contributed by atoms with Gasteiger partial charge in [-0.1, -0.05) is 60.4 Å². The Bertz CT molecular complexity index is 1190. The van der Waals surface area contributed by atoms with E-state index in [2.05, 4.69) is 46.2 Å². The number of alkyl carbamates (subject to hydrolysis) is 1. The molecular formula is C26H21NO5. The molecule has 1 aliphatic carbocycles. The lowest BCUT2D eigenvalue weighted by molar-refractivity contribution is 0.0600.